The minimum atomic E-state index is -0.163. The first kappa shape index (κ1) is 21.9. The van der Waals surface area contributed by atoms with Crippen molar-refractivity contribution < 1.29 is 4.79 Å². The summed E-state index contributed by atoms with van der Waals surface area (Å²) in [6.45, 7) is 4.24. The third kappa shape index (κ3) is 4.70. The Morgan fingerprint density at radius 3 is 2.29 bits per heavy atom. The van der Waals surface area contributed by atoms with Crippen molar-refractivity contribution in [3.05, 3.63) is 114 Å². The van der Waals surface area contributed by atoms with Gasteiger partial charge < -0.3 is 5.32 Å². The zero-order valence-corrected chi connectivity index (χ0v) is 19.8. The zero-order chi connectivity index (χ0) is 23.5. The molecule has 1 N–H and O–H groups in total. The molecule has 0 radical (unpaired) electrons. The molecule has 4 nitrogen and oxygen atoms in total. The quantitative estimate of drug-likeness (QED) is 0.298. The predicted octanol–water partition coefficient (Wildman–Crippen LogP) is 7.32. The monoisotopic (exact) mass is 461 g/mol. The van der Waals surface area contributed by atoms with E-state index in [0.717, 1.165) is 32.7 Å². The SMILES string of the molecule is Cc1ccc(Sc2ccc(NC(=O)c3cc(-c4ccncc4)nc4ccccc34)cc2)cc1C. The molecule has 0 spiro atoms. The molecule has 34 heavy (non-hydrogen) atoms. The summed E-state index contributed by atoms with van der Waals surface area (Å²) in [7, 11) is 0. The normalized spacial score (nSPS) is 10.9. The van der Waals surface area contributed by atoms with Gasteiger partial charge in [-0.05, 0) is 85.6 Å². The average Bonchev–Trinajstić information content (AvgIpc) is 2.87. The number of anilines is 1. The Morgan fingerprint density at radius 1 is 0.794 bits per heavy atom. The van der Waals surface area contributed by atoms with Gasteiger partial charge in [0.05, 0.1) is 16.8 Å². The molecule has 2 heterocycles. The molecule has 0 bridgehead atoms. The molecular formula is C29H23N3OS. The second kappa shape index (κ2) is 9.49. The van der Waals surface area contributed by atoms with Crippen LogP contribution < -0.4 is 5.32 Å². The van der Waals surface area contributed by atoms with E-state index in [0.29, 0.717) is 5.56 Å². The van der Waals surface area contributed by atoms with Gasteiger partial charge in [0.15, 0.2) is 0 Å². The van der Waals surface area contributed by atoms with E-state index in [1.165, 1.54) is 16.0 Å². The number of fused-ring (bicyclic) bond motifs is 1. The van der Waals surface area contributed by atoms with Crippen molar-refractivity contribution in [2.24, 2.45) is 0 Å². The van der Waals surface area contributed by atoms with Gasteiger partial charge in [0, 0.05) is 38.8 Å². The van der Waals surface area contributed by atoms with Crippen LogP contribution in [0.1, 0.15) is 21.5 Å². The molecule has 0 fully saturated rings. The van der Waals surface area contributed by atoms with Crippen molar-refractivity contribution >= 4 is 34.3 Å². The molecular weight excluding hydrogens is 438 g/mol. The molecule has 5 heteroatoms. The number of nitrogens with one attached hydrogen (secondary N) is 1. The van der Waals surface area contributed by atoms with Gasteiger partial charge in [0.1, 0.15) is 0 Å². The van der Waals surface area contributed by atoms with Crippen LogP contribution in [0, 0.1) is 13.8 Å². The number of rotatable bonds is 5. The van der Waals surface area contributed by atoms with Gasteiger partial charge in [0.25, 0.3) is 5.91 Å². The van der Waals surface area contributed by atoms with Crippen LogP contribution >= 0.6 is 11.8 Å². The molecule has 0 aliphatic heterocycles. The molecule has 166 valence electrons. The van der Waals surface area contributed by atoms with Crippen LogP contribution in [-0.4, -0.2) is 15.9 Å². The Morgan fingerprint density at radius 2 is 1.53 bits per heavy atom. The molecule has 0 aliphatic carbocycles. The maximum atomic E-state index is 13.3. The number of carbonyl (C=O) groups excluding carboxylic acids is 1. The number of aryl methyl sites for hydroxylation is 2. The Kier molecular flexibility index (Phi) is 6.11. The van der Waals surface area contributed by atoms with Crippen molar-refractivity contribution in [1.82, 2.24) is 9.97 Å². The van der Waals surface area contributed by atoms with Gasteiger partial charge in [-0.3, -0.25) is 9.78 Å². The fraction of sp³-hybridized carbons (Fsp3) is 0.0690. The first-order valence-corrected chi connectivity index (χ1v) is 11.9. The number of aromatic nitrogens is 2. The number of benzene rings is 3. The smallest absolute Gasteiger partial charge is 0.256 e. The van der Waals surface area contributed by atoms with E-state index in [4.69, 9.17) is 4.98 Å². The van der Waals surface area contributed by atoms with Crippen LogP contribution in [0.2, 0.25) is 0 Å². The molecule has 0 atom stereocenters. The average molecular weight is 462 g/mol. The summed E-state index contributed by atoms with van der Waals surface area (Å²) in [6.07, 6.45) is 3.45. The van der Waals surface area contributed by atoms with Crippen molar-refractivity contribution in [1.29, 1.82) is 0 Å². The number of hydrogen-bond donors (Lipinski definition) is 1. The topological polar surface area (TPSA) is 54.9 Å². The van der Waals surface area contributed by atoms with E-state index in [2.05, 4.69) is 42.3 Å². The van der Waals surface area contributed by atoms with Crippen molar-refractivity contribution in [3.63, 3.8) is 0 Å². The first-order chi connectivity index (χ1) is 16.6. The molecule has 2 aromatic heterocycles. The van der Waals surface area contributed by atoms with E-state index < -0.39 is 0 Å². The molecule has 0 unspecified atom stereocenters. The van der Waals surface area contributed by atoms with Crippen molar-refractivity contribution in [2.45, 2.75) is 23.6 Å². The molecule has 0 saturated heterocycles. The molecule has 0 saturated carbocycles. The summed E-state index contributed by atoms with van der Waals surface area (Å²) in [5, 5.41) is 3.87. The highest BCUT2D eigenvalue weighted by Gasteiger charge is 2.14. The van der Waals surface area contributed by atoms with Crippen molar-refractivity contribution in [3.8, 4) is 11.3 Å². The van der Waals surface area contributed by atoms with E-state index in [-0.39, 0.29) is 5.91 Å². The lowest BCUT2D eigenvalue weighted by atomic mass is 10.0. The Balaban J connectivity index is 1.39. The first-order valence-electron chi connectivity index (χ1n) is 11.0. The largest absolute Gasteiger partial charge is 0.322 e. The van der Waals surface area contributed by atoms with Gasteiger partial charge in [-0.1, -0.05) is 36.0 Å². The number of hydrogen-bond acceptors (Lipinski definition) is 4. The summed E-state index contributed by atoms with van der Waals surface area (Å²) >= 11 is 1.71. The lowest BCUT2D eigenvalue weighted by Gasteiger charge is -2.11. The number of nitrogens with zero attached hydrogens (tertiary/aromatic N) is 2. The molecule has 5 rings (SSSR count). The highest BCUT2D eigenvalue weighted by molar-refractivity contribution is 7.99. The highest BCUT2D eigenvalue weighted by Crippen LogP contribution is 2.30. The van der Waals surface area contributed by atoms with E-state index in [9.17, 15) is 4.79 Å². The maximum absolute atomic E-state index is 13.3. The summed E-state index contributed by atoms with van der Waals surface area (Å²) in [6, 6.07) is 27.8. The number of para-hydroxylation sites is 1. The van der Waals surface area contributed by atoms with E-state index in [1.807, 2.05) is 66.7 Å². The van der Waals surface area contributed by atoms with Gasteiger partial charge in [-0.15, -0.1) is 0 Å². The van der Waals surface area contributed by atoms with E-state index in [1.54, 1.807) is 24.2 Å². The fourth-order valence-electron chi connectivity index (χ4n) is 3.75. The van der Waals surface area contributed by atoms with Gasteiger partial charge in [0.2, 0.25) is 0 Å². The van der Waals surface area contributed by atoms with Crippen LogP contribution in [0.15, 0.2) is 107 Å². The van der Waals surface area contributed by atoms with Gasteiger partial charge in [-0.25, -0.2) is 4.98 Å². The molecule has 0 aliphatic rings. The van der Waals surface area contributed by atoms with Crippen LogP contribution in [0.25, 0.3) is 22.2 Å². The second-order valence-electron chi connectivity index (χ2n) is 8.13. The number of carbonyl (C=O) groups is 1. The van der Waals surface area contributed by atoms with Crippen LogP contribution in [-0.2, 0) is 0 Å². The summed E-state index contributed by atoms with van der Waals surface area (Å²) in [5.41, 5.74) is 6.35. The standard InChI is InChI=1S/C29H23N3OS/c1-19-7-10-24(17-20(19)2)34-23-11-8-22(9-12-23)31-29(33)26-18-28(21-13-15-30-16-14-21)32-27-6-4-3-5-25(26)27/h3-18H,1-2H3,(H,31,33). The van der Waals surface area contributed by atoms with Crippen LogP contribution in [0.5, 0.6) is 0 Å². The van der Waals surface area contributed by atoms with Gasteiger partial charge >= 0.3 is 0 Å². The lowest BCUT2D eigenvalue weighted by molar-refractivity contribution is 0.102. The fourth-order valence-corrected chi connectivity index (χ4v) is 4.67. The molecule has 3 aromatic carbocycles. The molecule has 5 aromatic rings. The summed E-state index contributed by atoms with van der Waals surface area (Å²) < 4.78 is 0. The minimum absolute atomic E-state index is 0.163. The predicted molar refractivity (Wildman–Crippen MR) is 139 cm³/mol. The minimum Gasteiger partial charge on any atom is -0.322 e. The Labute approximate surface area is 203 Å². The summed E-state index contributed by atoms with van der Waals surface area (Å²) in [5.74, 6) is -0.163. The van der Waals surface area contributed by atoms with Crippen molar-refractivity contribution in [2.75, 3.05) is 5.32 Å². The van der Waals surface area contributed by atoms with E-state index >= 15 is 0 Å². The Hall–Kier alpha value is -3.96. The Bertz CT molecular complexity index is 1480. The maximum Gasteiger partial charge on any atom is 0.256 e. The zero-order valence-electron chi connectivity index (χ0n) is 18.9. The highest BCUT2D eigenvalue weighted by atomic mass is 32.2. The van der Waals surface area contributed by atoms with Crippen LogP contribution in [0.4, 0.5) is 5.69 Å². The third-order valence-corrected chi connectivity index (χ3v) is 6.76. The molecule has 1 amide bonds. The number of amides is 1. The van der Waals surface area contributed by atoms with Gasteiger partial charge in [-0.2, -0.15) is 0 Å². The van der Waals surface area contributed by atoms with Crippen LogP contribution in [0.3, 0.4) is 0 Å². The number of pyridine rings is 2. The second-order valence-corrected chi connectivity index (χ2v) is 9.28. The summed E-state index contributed by atoms with van der Waals surface area (Å²) in [4.78, 5) is 24.4. The lowest BCUT2D eigenvalue weighted by Crippen LogP contribution is -2.13. The third-order valence-electron chi connectivity index (χ3n) is 5.76.